The van der Waals surface area contributed by atoms with Crippen LogP contribution in [0, 0.1) is 5.92 Å². The van der Waals surface area contributed by atoms with Gasteiger partial charge < -0.3 is 42.7 Å². The van der Waals surface area contributed by atoms with Crippen LogP contribution in [0.15, 0.2) is 0 Å². The summed E-state index contributed by atoms with van der Waals surface area (Å²) in [4.78, 5) is 70.2. The number of aliphatic hydroxyl groups excluding tert-OH is 1. The lowest BCUT2D eigenvalue weighted by Crippen LogP contribution is -2.58. The van der Waals surface area contributed by atoms with Crippen molar-refractivity contribution in [1.82, 2.24) is 16.0 Å². The van der Waals surface area contributed by atoms with Crippen LogP contribution < -0.4 is 27.4 Å². The maximum absolute atomic E-state index is 12.7. The SMILES string of the molecule is CC(C)CC(NC(=O)C(CCC(=O)O)NC(=O)C(N)CC(N)=O)C(=O)NC(CO)C(=O)O. The van der Waals surface area contributed by atoms with Crippen LogP contribution in [0.4, 0.5) is 0 Å². The Morgan fingerprint density at radius 3 is 1.78 bits per heavy atom. The number of hydrogen-bond donors (Lipinski definition) is 8. The van der Waals surface area contributed by atoms with Gasteiger partial charge in [-0.25, -0.2) is 4.79 Å². The molecule has 10 N–H and O–H groups in total. The molecule has 0 aromatic carbocycles. The summed E-state index contributed by atoms with van der Waals surface area (Å²) in [7, 11) is 0. The number of aliphatic hydroxyl groups is 1. The largest absolute Gasteiger partial charge is 0.481 e. The van der Waals surface area contributed by atoms with E-state index in [2.05, 4.69) is 16.0 Å². The normalized spacial score (nSPS) is 14.5. The molecule has 0 aromatic rings. The standard InChI is InChI=1S/C18H31N5O9/c1-8(2)5-11(17(30)23-12(7-24)18(31)32)22-16(29)10(3-4-14(26)27)21-15(28)9(19)6-13(20)25/h8-12,24H,3-7,19H2,1-2H3,(H2,20,25)(H,21,28)(H,22,29)(H,23,30)(H,26,27)(H,31,32). The van der Waals surface area contributed by atoms with E-state index in [1.165, 1.54) is 0 Å². The zero-order valence-corrected chi connectivity index (χ0v) is 17.9. The van der Waals surface area contributed by atoms with Gasteiger partial charge in [0.05, 0.1) is 19.1 Å². The summed E-state index contributed by atoms with van der Waals surface area (Å²) in [6, 6.07) is -5.61. The topological polar surface area (TPSA) is 251 Å². The number of rotatable bonds is 15. The fourth-order valence-corrected chi connectivity index (χ4v) is 2.56. The number of carboxylic acids is 2. The summed E-state index contributed by atoms with van der Waals surface area (Å²) in [6.45, 7) is 2.60. The minimum absolute atomic E-state index is 0.0795. The molecule has 0 fully saturated rings. The molecule has 0 radical (unpaired) electrons. The van der Waals surface area contributed by atoms with Crippen molar-refractivity contribution in [1.29, 1.82) is 0 Å². The third kappa shape index (κ3) is 11.2. The van der Waals surface area contributed by atoms with Gasteiger partial charge in [0, 0.05) is 6.42 Å². The van der Waals surface area contributed by atoms with Crippen LogP contribution in [0.2, 0.25) is 0 Å². The monoisotopic (exact) mass is 461 g/mol. The quantitative estimate of drug-likeness (QED) is 0.120. The van der Waals surface area contributed by atoms with Gasteiger partial charge in [-0.1, -0.05) is 13.8 Å². The Morgan fingerprint density at radius 2 is 1.34 bits per heavy atom. The first-order valence-corrected chi connectivity index (χ1v) is 9.78. The summed E-state index contributed by atoms with van der Waals surface area (Å²) < 4.78 is 0. The Kier molecular flexibility index (Phi) is 12.5. The first-order chi connectivity index (χ1) is 14.8. The van der Waals surface area contributed by atoms with Crippen molar-refractivity contribution >= 4 is 35.6 Å². The smallest absolute Gasteiger partial charge is 0.328 e. The van der Waals surface area contributed by atoms with Crippen molar-refractivity contribution < 1.29 is 44.1 Å². The fraction of sp³-hybridized carbons (Fsp3) is 0.667. The molecule has 0 aliphatic heterocycles. The predicted octanol–water partition coefficient (Wildman–Crippen LogP) is -3.37. The molecule has 14 heteroatoms. The second-order valence-electron chi connectivity index (χ2n) is 7.54. The van der Waals surface area contributed by atoms with Crippen molar-refractivity contribution in [3.63, 3.8) is 0 Å². The fourth-order valence-electron chi connectivity index (χ4n) is 2.56. The van der Waals surface area contributed by atoms with Crippen LogP contribution in [-0.4, -0.2) is 81.7 Å². The Morgan fingerprint density at radius 1 is 0.844 bits per heavy atom. The molecule has 0 bridgehead atoms. The zero-order chi connectivity index (χ0) is 25.0. The molecule has 0 saturated carbocycles. The molecule has 0 spiro atoms. The predicted molar refractivity (Wildman–Crippen MR) is 109 cm³/mol. The lowest BCUT2D eigenvalue weighted by Gasteiger charge is -2.25. The lowest BCUT2D eigenvalue weighted by molar-refractivity contribution is -0.143. The molecule has 0 heterocycles. The minimum Gasteiger partial charge on any atom is -0.481 e. The molecule has 4 atom stereocenters. The van der Waals surface area contributed by atoms with Gasteiger partial charge in [0.25, 0.3) is 0 Å². The van der Waals surface area contributed by atoms with Crippen LogP contribution in [-0.2, 0) is 28.8 Å². The molecule has 32 heavy (non-hydrogen) atoms. The number of carboxylic acid groups (broad SMARTS) is 2. The van der Waals surface area contributed by atoms with Gasteiger partial charge in [0.1, 0.15) is 18.1 Å². The van der Waals surface area contributed by atoms with E-state index in [4.69, 9.17) is 26.8 Å². The number of carbonyl (C=O) groups excluding carboxylic acids is 4. The van der Waals surface area contributed by atoms with E-state index < -0.39 is 79.2 Å². The Balaban J connectivity index is 5.49. The number of carbonyl (C=O) groups is 6. The van der Waals surface area contributed by atoms with Crippen molar-refractivity contribution in [3.05, 3.63) is 0 Å². The highest BCUT2D eigenvalue weighted by Crippen LogP contribution is 2.08. The van der Waals surface area contributed by atoms with Crippen molar-refractivity contribution in [2.45, 2.75) is 63.7 Å². The molecule has 0 rings (SSSR count). The molecule has 14 nitrogen and oxygen atoms in total. The minimum atomic E-state index is -1.59. The summed E-state index contributed by atoms with van der Waals surface area (Å²) in [5.74, 6) is -6.44. The van der Waals surface area contributed by atoms with E-state index in [1.54, 1.807) is 13.8 Å². The summed E-state index contributed by atoms with van der Waals surface area (Å²) in [5.41, 5.74) is 10.5. The number of primary amides is 1. The van der Waals surface area contributed by atoms with Gasteiger partial charge in [-0.3, -0.25) is 24.0 Å². The van der Waals surface area contributed by atoms with Gasteiger partial charge in [-0.2, -0.15) is 0 Å². The Bertz CT molecular complexity index is 713. The first kappa shape index (κ1) is 28.7. The molecule has 182 valence electrons. The summed E-state index contributed by atoms with van der Waals surface area (Å²) >= 11 is 0. The van der Waals surface area contributed by atoms with E-state index in [9.17, 15) is 28.8 Å². The Hall–Kier alpha value is -3.26. The zero-order valence-electron chi connectivity index (χ0n) is 17.9. The highest BCUT2D eigenvalue weighted by atomic mass is 16.4. The van der Waals surface area contributed by atoms with Crippen LogP contribution in [0.5, 0.6) is 0 Å². The van der Waals surface area contributed by atoms with Crippen molar-refractivity contribution in [3.8, 4) is 0 Å². The van der Waals surface area contributed by atoms with Gasteiger partial charge in [0.2, 0.25) is 23.6 Å². The van der Waals surface area contributed by atoms with Crippen molar-refractivity contribution in [2.75, 3.05) is 6.61 Å². The summed E-state index contributed by atoms with van der Waals surface area (Å²) in [6.07, 6.45) is -1.28. The molecule has 4 unspecified atom stereocenters. The maximum atomic E-state index is 12.7. The molecule has 0 aliphatic carbocycles. The van der Waals surface area contributed by atoms with E-state index in [1.807, 2.05) is 0 Å². The van der Waals surface area contributed by atoms with Gasteiger partial charge in [-0.05, 0) is 18.8 Å². The molecule has 0 saturated heterocycles. The van der Waals surface area contributed by atoms with Gasteiger partial charge >= 0.3 is 11.9 Å². The number of aliphatic carboxylic acids is 2. The van der Waals surface area contributed by atoms with E-state index >= 15 is 0 Å². The van der Waals surface area contributed by atoms with Crippen LogP contribution in [0.1, 0.15) is 39.5 Å². The van der Waals surface area contributed by atoms with Gasteiger partial charge in [-0.15, -0.1) is 0 Å². The van der Waals surface area contributed by atoms with Crippen LogP contribution >= 0.6 is 0 Å². The van der Waals surface area contributed by atoms with E-state index in [0.717, 1.165) is 0 Å². The second kappa shape index (κ2) is 13.9. The van der Waals surface area contributed by atoms with Crippen LogP contribution in [0.3, 0.4) is 0 Å². The maximum Gasteiger partial charge on any atom is 0.328 e. The summed E-state index contributed by atoms with van der Waals surface area (Å²) in [5, 5.41) is 33.6. The van der Waals surface area contributed by atoms with Crippen molar-refractivity contribution in [2.24, 2.45) is 17.4 Å². The average Bonchev–Trinajstić information content (AvgIpc) is 2.66. The van der Waals surface area contributed by atoms with Crippen LogP contribution in [0.25, 0.3) is 0 Å². The first-order valence-electron chi connectivity index (χ1n) is 9.78. The molecular formula is C18H31N5O9. The highest BCUT2D eigenvalue weighted by molar-refractivity contribution is 5.95. The number of nitrogens with two attached hydrogens (primary N) is 2. The van der Waals surface area contributed by atoms with E-state index in [0.29, 0.717) is 0 Å². The molecule has 0 aromatic heterocycles. The molecule has 0 aliphatic rings. The number of nitrogens with one attached hydrogen (secondary N) is 3. The van der Waals surface area contributed by atoms with E-state index in [-0.39, 0.29) is 18.8 Å². The molecule has 4 amide bonds. The van der Waals surface area contributed by atoms with Gasteiger partial charge in [0.15, 0.2) is 0 Å². The third-order valence-corrected chi connectivity index (χ3v) is 4.17. The Labute approximate surface area is 184 Å². The second-order valence-corrected chi connectivity index (χ2v) is 7.54. The highest BCUT2D eigenvalue weighted by Gasteiger charge is 2.31. The number of hydrogen-bond acceptors (Lipinski definition) is 8. The molecular weight excluding hydrogens is 430 g/mol. The lowest BCUT2D eigenvalue weighted by atomic mass is 10.0. The number of amides is 4. The average molecular weight is 461 g/mol. The third-order valence-electron chi connectivity index (χ3n) is 4.17.